The van der Waals surface area contributed by atoms with Crippen molar-refractivity contribution in [3.05, 3.63) is 190 Å². The highest BCUT2D eigenvalue weighted by molar-refractivity contribution is 7.20. The Labute approximate surface area is 382 Å². The van der Waals surface area contributed by atoms with Gasteiger partial charge in [0.1, 0.15) is 11.3 Å². The van der Waals surface area contributed by atoms with Crippen molar-refractivity contribution in [3.8, 4) is 11.1 Å². The molecule has 2 aromatic heterocycles. The first-order valence-corrected chi connectivity index (χ1v) is 23.5. The quantitative estimate of drug-likeness (QED) is 0.142. The average Bonchev–Trinajstić information content (AvgIpc) is 4.10. The van der Waals surface area contributed by atoms with Crippen LogP contribution in [0.4, 0.5) is 5.69 Å². The van der Waals surface area contributed by atoms with E-state index in [0.29, 0.717) is 0 Å². The number of hydrogen-bond acceptors (Lipinski definition) is 5. The maximum absolute atomic E-state index is 6.27. The molecule has 5 heteroatoms. The van der Waals surface area contributed by atoms with Gasteiger partial charge >= 0.3 is 0 Å². The zero-order valence-corrected chi connectivity index (χ0v) is 40.2. The maximum Gasteiger partial charge on any atom is 0.142 e. The van der Waals surface area contributed by atoms with E-state index in [4.69, 9.17) is 10.2 Å². The smallest absolute Gasteiger partial charge is 0.142 e. The molecule has 0 aliphatic heterocycles. The van der Waals surface area contributed by atoms with Gasteiger partial charge in [-0.25, -0.2) is 0 Å². The highest BCUT2D eigenvalue weighted by Gasteiger charge is 2.19. The molecule has 2 heterocycles. The van der Waals surface area contributed by atoms with E-state index in [1.54, 1.807) is 0 Å². The van der Waals surface area contributed by atoms with Crippen LogP contribution in [0.2, 0.25) is 0 Å². The van der Waals surface area contributed by atoms with Gasteiger partial charge in [-0.05, 0) is 89.2 Å². The van der Waals surface area contributed by atoms with Gasteiger partial charge in [-0.2, -0.15) is 0 Å². The average molecular weight is 856 g/mol. The minimum absolute atomic E-state index is 0.783. The number of thiophene rings is 1. The van der Waals surface area contributed by atoms with Gasteiger partial charge in [-0.1, -0.05) is 182 Å². The summed E-state index contributed by atoms with van der Waals surface area (Å²) < 4.78 is 7.62. The number of anilines is 1. The summed E-state index contributed by atoms with van der Waals surface area (Å²) in [7, 11) is 3.83. The summed E-state index contributed by atoms with van der Waals surface area (Å²) in [5, 5.41) is 8.77. The molecule has 0 saturated carbocycles. The Hall–Kier alpha value is -6.30. The molecule has 0 spiro atoms. The van der Waals surface area contributed by atoms with Crippen LogP contribution in [-0.2, 0) is 12.8 Å². The van der Waals surface area contributed by atoms with Gasteiger partial charge in [0.2, 0.25) is 0 Å². The Morgan fingerprint density at radius 2 is 1.43 bits per heavy atom. The molecule has 2 aliphatic rings. The van der Waals surface area contributed by atoms with Crippen molar-refractivity contribution in [2.75, 3.05) is 19.4 Å². The van der Waals surface area contributed by atoms with Crippen molar-refractivity contribution >= 4 is 67.1 Å². The SMILES string of the molecule is C=Cc1c(CC)oc2c(C3=CC=C(c4ccc(-c5ccccc5NC)cc4)C3)cccc12.CC.CC.CC.CN/C=C(\N)c1ccc2sc3c(c2c1)CCC=C3.Cc1ccccc1. The Balaban J connectivity index is 0.000000235. The number of nitrogens with two attached hydrogens (primary N) is 1. The van der Waals surface area contributed by atoms with Crippen molar-refractivity contribution in [2.24, 2.45) is 5.73 Å². The van der Waals surface area contributed by atoms with E-state index in [-0.39, 0.29) is 0 Å². The zero-order valence-electron chi connectivity index (χ0n) is 39.4. The van der Waals surface area contributed by atoms with E-state index in [1.807, 2.05) is 97.4 Å². The van der Waals surface area contributed by atoms with Gasteiger partial charge in [-0.15, -0.1) is 11.3 Å². The molecule has 328 valence electrons. The van der Waals surface area contributed by atoms with Crippen LogP contribution in [0.3, 0.4) is 0 Å². The fourth-order valence-electron chi connectivity index (χ4n) is 7.58. The van der Waals surface area contributed by atoms with Crippen LogP contribution in [0.1, 0.15) is 105 Å². The lowest BCUT2D eigenvalue weighted by molar-refractivity contribution is 0.555. The van der Waals surface area contributed by atoms with E-state index < -0.39 is 0 Å². The van der Waals surface area contributed by atoms with Crippen LogP contribution < -0.4 is 16.4 Å². The fourth-order valence-corrected chi connectivity index (χ4v) is 8.75. The second-order valence-corrected chi connectivity index (χ2v) is 15.3. The van der Waals surface area contributed by atoms with Gasteiger partial charge < -0.3 is 20.8 Å². The van der Waals surface area contributed by atoms with Crippen molar-refractivity contribution in [3.63, 3.8) is 0 Å². The number of allylic oxidation sites excluding steroid dienone is 5. The van der Waals surface area contributed by atoms with Crippen molar-refractivity contribution in [1.29, 1.82) is 0 Å². The molecule has 0 atom stereocenters. The minimum atomic E-state index is 0.783. The van der Waals surface area contributed by atoms with E-state index in [2.05, 4.69) is 152 Å². The third-order valence-electron chi connectivity index (χ3n) is 10.6. The normalized spacial score (nSPS) is 12.2. The third kappa shape index (κ3) is 12.2. The zero-order chi connectivity index (χ0) is 45.7. The molecule has 9 rings (SSSR count). The predicted octanol–water partition coefficient (Wildman–Crippen LogP) is 16.6. The molecule has 0 saturated heterocycles. The van der Waals surface area contributed by atoms with Crippen LogP contribution in [0.15, 0.2) is 151 Å². The summed E-state index contributed by atoms with van der Waals surface area (Å²) in [6.45, 7) is 20.2. The topological polar surface area (TPSA) is 63.2 Å². The number of hydrogen-bond donors (Lipinski definition) is 3. The molecular formula is C58H69N3OS. The number of fused-ring (bicyclic) bond motifs is 4. The largest absolute Gasteiger partial charge is 0.460 e. The Morgan fingerprint density at radius 3 is 2.08 bits per heavy atom. The molecule has 0 amide bonds. The van der Waals surface area contributed by atoms with Crippen LogP contribution in [0.5, 0.6) is 0 Å². The van der Waals surface area contributed by atoms with Gasteiger partial charge in [0, 0.05) is 64.1 Å². The highest BCUT2D eigenvalue weighted by atomic mass is 32.1. The Bertz CT molecular complexity index is 2630. The summed E-state index contributed by atoms with van der Waals surface area (Å²) in [6, 6.07) is 40.4. The molecule has 0 fully saturated rings. The lowest BCUT2D eigenvalue weighted by Gasteiger charge is -2.11. The second-order valence-electron chi connectivity index (χ2n) is 14.3. The van der Waals surface area contributed by atoms with E-state index in [9.17, 15) is 0 Å². The fraction of sp³-hybridized carbons (Fsp3) is 0.241. The molecule has 63 heavy (non-hydrogen) atoms. The van der Waals surface area contributed by atoms with Crippen molar-refractivity contribution < 1.29 is 4.42 Å². The molecule has 4 N–H and O–H groups in total. The summed E-state index contributed by atoms with van der Waals surface area (Å²) in [6.07, 6.45) is 16.8. The number of para-hydroxylation sites is 2. The lowest BCUT2D eigenvalue weighted by Crippen LogP contribution is -2.03. The van der Waals surface area contributed by atoms with E-state index in [1.165, 1.54) is 59.5 Å². The second kappa shape index (κ2) is 25.6. The lowest BCUT2D eigenvalue weighted by atomic mass is 9.95. The predicted molar refractivity (Wildman–Crippen MR) is 283 cm³/mol. The first-order valence-electron chi connectivity index (χ1n) is 22.7. The number of nitrogens with one attached hydrogen (secondary N) is 2. The van der Waals surface area contributed by atoms with Gasteiger partial charge in [0.05, 0.1) is 5.70 Å². The van der Waals surface area contributed by atoms with Crippen LogP contribution in [0, 0.1) is 6.92 Å². The molecule has 0 bridgehead atoms. The minimum Gasteiger partial charge on any atom is -0.460 e. The molecule has 5 aromatic carbocycles. The van der Waals surface area contributed by atoms with E-state index in [0.717, 1.165) is 64.9 Å². The van der Waals surface area contributed by atoms with Gasteiger partial charge in [0.15, 0.2) is 0 Å². The van der Waals surface area contributed by atoms with Crippen LogP contribution >= 0.6 is 11.3 Å². The molecule has 4 nitrogen and oxygen atoms in total. The van der Waals surface area contributed by atoms with Gasteiger partial charge in [0.25, 0.3) is 0 Å². The first kappa shape index (κ1) is 49.4. The third-order valence-corrected chi connectivity index (χ3v) is 11.7. The monoisotopic (exact) mass is 856 g/mol. The van der Waals surface area contributed by atoms with Crippen LogP contribution in [0.25, 0.3) is 61.2 Å². The Morgan fingerprint density at radius 1 is 0.762 bits per heavy atom. The molecule has 0 unspecified atom stereocenters. The summed E-state index contributed by atoms with van der Waals surface area (Å²) in [5.74, 6) is 1.01. The maximum atomic E-state index is 6.27. The molecular weight excluding hydrogens is 787 g/mol. The van der Waals surface area contributed by atoms with Crippen LogP contribution in [-0.4, -0.2) is 14.1 Å². The number of benzene rings is 5. The Kier molecular flexibility index (Phi) is 20.0. The summed E-state index contributed by atoms with van der Waals surface area (Å²) in [5.41, 5.74) is 21.4. The number of aryl methyl sites for hydroxylation is 3. The van der Waals surface area contributed by atoms with Gasteiger partial charge in [-0.3, -0.25) is 0 Å². The highest BCUT2D eigenvalue weighted by Crippen LogP contribution is 2.40. The molecule has 0 radical (unpaired) electrons. The standard InChI is InChI=1S/C30H27NO.C15H16N2S.C7H8.3C2H6/c1-4-24-27-11-8-10-26(30(27)32-29(24)5-2)23-18-17-22(19-23)20-13-15-21(16-14-20)25-9-6-7-12-28(25)31-3;1-17-9-13(16)10-6-7-15-12(8-10)11-4-2-3-5-14(11)18-15;1-7-5-3-2-4-6-7;3*1-2/h4,6-18,31H,1,5,19H2,2-3H3;3,5-9,17H,2,4,16H2,1H3;2-6H,1H3;3*1-2H3/b;13-9-;;;;. The summed E-state index contributed by atoms with van der Waals surface area (Å²) in [4.78, 5) is 1.41. The first-order chi connectivity index (χ1) is 30.9. The van der Waals surface area contributed by atoms with E-state index >= 15 is 0 Å². The number of rotatable bonds is 8. The summed E-state index contributed by atoms with van der Waals surface area (Å²) >= 11 is 1.87. The number of furan rings is 1. The molecule has 2 aliphatic carbocycles. The molecule has 7 aromatic rings. The van der Waals surface area contributed by atoms with Crippen molar-refractivity contribution in [2.45, 2.75) is 81.1 Å². The van der Waals surface area contributed by atoms with Crippen molar-refractivity contribution in [1.82, 2.24) is 5.32 Å².